The summed E-state index contributed by atoms with van der Waals surface area (Å²) in [5.41, 5.74) is 0.634. The lowest BCUT2D eigenvalue weighted by Gasteiger charge is -2.03. The number of rotatable bonds is 6. The Morgan fingerprint density at radius 1 is 1.43 bits per heavy atom. The SMILES string of the molecule is CCO[PH](=O)OC/C(C)=C/C(=O)OC. The molecule has 0 radical (unpaired) electrons. The van der Waals surface area contributed by atoms with Crippen LogP contribution in [0, 0.1) is 0 Å². The first-order valence-electron chi connectivity index (χ1n) is 4.14. The van der Waals surface area contributed by atoms with Crippen molar-refractivity contribution in [2.75, 3.05) is 20.3 Å². The van der Waals surface area contributed by atoms with Gasteiger partial charge in [-0.25, -0.2) is 4.79 Å². The quantitative estimate of drug-likeness (QED) is 0.387. The number of methoxy groups -OCH3 is 1. The van der Waals surface area contributed by atoms with Gasteiger partial charge in [0.2, 0.25) is 0 Å². The molecule has 6 heteroatoms. The molecule has 0 aliphatic carbocycles. The summed E-state index contributed by atoms with van der Waals surface area (Å²) in [5.74, 6) is -0.456. The summed E-state index contributed by atoms with van der Waals surface area (Å²) in [7, 11) is -1.13. The largest absolute Gasteiger partial charge is 0.466 e. The molecule has 0 fully saturated rings. The van der Waals surface area contributed by atoms with Crippen molar-refractivity contribution in [1.82, 2.24) is 0 Å². The lowest BCUT2D eigenvalue weighted by molar-refractivity contribution is -0.134. The summed E-state index contributed by atoms with van der Waals surface area (Å²) in [5, 5.41) is 0. The standard InChI is InChI=1S/C8H15O5P/c1-4-12-14(10)13-6-7(2)5-8(9)11-3/h5,14H,4,6H2,1-3H3/b7-5+. The van der Waals surface area contributed by atoms with Gasteiger partial charge in [0.1, 0.15) is 0 Å². The molecule has 0 saturated heterocycles. The Kier molecular flexibility index (Phi) is 7.38. The van der Waals surface area contributed by atoms with Gasteiger partial charge in [-0.05, 0) is 19.4 Å². The predicted molar refractivity (Wildman–Crippen MR) is 52.4 cm³/mol. The van der Waals surface area contributed by atoms with Crippen LogP contribution in [-0.2, 0) is 23.1 Å². The van der Waals surface area contributed by atoms with E-state index in [1.54, 1.807) is 13.8 Å². The molecule has 14 heavy (non-hydrogen) atoms. The van der Waals surface area contributed by atoms with E-state index in [2.05, 4.69) is 4.74 Å². The van der Waals surface area contributed by atoms with Gasteiger partial charge in [-0.2, -0.15) is 0 Å². The summed E-state index contributed by atoms with van der Waals surface area (Å²) in [6.07, 6.45) is 1.28. The van der Waals surface area contributed by atoms with E-state index < -0.39 is 14.2 Å². The van der Waals surface area contributed by atoms with Crippen molar-refractivity contribution in [3.05, 3.63) is 11.6 Å². The van der Waals surface area contributed by atoms with Gasteiger partial charge in [0.25, 0.3) is 0 Å². The molecule has 5 nitrogen and oxygen atoms in total. The maximum Gasteiger partial charge on any atom is 0.330 e. The van der Waals surface area contributed by atoms with E-state index >= 15 is 0 Å². The fourth-order valence-corrected chi connectivity index (χ4v) is 1.30. The Bertz CT molecular complexity index is 236. The van der Waals surface area contributed by atoms with Crippen molar-refractivity contribution in [1.29, 1.82) is 0 Å². The molecule has 0 aromatic heterocycles. The highest BCUT2D eigenvalue weighted by Crippen LogP contribution is 2.23. The molecule has 0 N–H and O–H groups in total. The van der Waals surface area contributed by atoms with Crippen molar-refractivity contribution >= 4 is 14.2 Å². The average Bonchev–Trinajstić information content (AvgIpc) is 2.15. The molecule has 0 heterocycles. The number of carbonyl (C=O) groups is 1. The molecule has 82 valence electrons. The topological polar surface area (TPSA) is 61.8 Å². The lowest BCUT2D eigenvalue weighted by Crippen LogP contribution is -1.99. The van der Waals surface area contributed by atoms with Gasteiger partial charge in [-0.3, -0.25) is 4.57 Å². The van der Waals surface area contributed by atoms with E-state index in [9.17, 15) is 9.36 Å². The number of esters is 1. The minimum Gasteiger partial charge on any atom is -0.466 e. The first-order chi connectivity index (χ1) is 6.60. The van der Waals surface area contributed by atoms with Gasteiger partial charge >= 0.3 is 14.2 Å². The Balaban J connectivity index is 3.83. The third-order valence-corrected chi connectivity index (χ3v) is 2.15. The summed E-state index contributed by atoms with van der Waals surface area (Å²) in [4.78, 5) is 10.7. The van der Waals surface area contributed by atoms with E-state index in [0.717, 1.165) is 0 Å². The number of hydrogen-bond acceptors (Lipinski definition) is 5. The van der Waals surface area contributed by atoms with Crippen LogP contribution in [0.5, 0.6) is 0 Å². The number of ether oxygens (including phenoxy) is 1. The first-order valence-corrected chi connectivity index (χ1v) is 5.37. The highest BCUT2D eigenvalue weighted by molar-refractivity contribution is 7.33. The zero-order valence-corrected chi connectivity index (χ0v) is 9.53. The van der Waals surface area contributed by atoms with Gasteiger partial charge in [-0.1, -0.05) is 0 Å². The highest BCUT2D eigenvalue weighted by atomic mass is 31.1. The molecule has 0 aromatic rings. The number of carbonyl (C=O) groups excluding carboxylic acids is 1. The second-order valence-electron chi connectivity index (χ2n) is 2.49. The molecule has 0 rings (SSSR count). The van der Waals surface area contributed by atoms with Gasteiger partial charge in [0.05, 0.1) is 20.3 Å². The van der Waals surface area contributed by atoms with Crippen LogP contribution in [0.2, 0.25) is 0 Å². The van der Waals surface area contributed by atoms with E-state index in [0.29, 0.717) is 12.2 Å². The van der Waals surface area contributed by atoms with Gasteiger partial charge < -0.3 is 13.8 Å². The van der Waals surface area contributed by atoms with E-state index in [4.69, 9.17) is 9.05 Å². The Hall–Kier alpha value is -0.640. The van der Waals surface area contributed by atoms with Crippen LogP contribution in [0.4, 0.5) is 0 Å². The van der Waals surface area contributed by atoms with Gasteiger partial charge in [0, 0.05) is 6.08 Å². The predicted octanol–water partition coefficient (Wildman–Crippen LogP) is 1.55. The zero-order chi connectivity index (χ0) is 11.0. The second-order valence-corrected chi connectivity index (χ2v) is 3.56. The lowest BCUT2D eigenvalue weighted by atomic mass is 10.3. The maximum atomic E-state index is 10.9. The van der Waals surface area contributed by atoms with Crippen LogP contribution in [0.3, 0.4) is 0 Å². The Labute approximate surface area is 84.0 Å². The molecular weight excluding hydrogens is 207 g/mol. The van der Waals surface area contributed by atoms with Crippen LogP contribution < -0.4 is 0 Å². The minimum absolute atomic E-state index is 0.104. The molecule has 1 atom stereocenters. The third-order valence-electron chi connectivity index (χ3n) is 1.25. The first kappa shape index (κ1) is 13.4. The van der Waals surface area contributed by atoms with E-state index in [1.807, 2.05) is 0 Å². The van der Waals surface area contributed by atoms with Crippen molar-refractivity contribution in [3.8, 4) is 0 Å². The maximum absolute atomic E-state index is 10.9. The third kappa shape index (κ3) is 6.83. The molecule has 0 amide bonds. The van der Waals surface area contributed by atoms with Crippen molar-refractivity contribution < 1.29 is 23.1 Å². The van der Waals surface area contributed by atoms with Crippen molar-refractivity contribution in [2.45, 2.75) is 13.8 Å². The molecule has 0 aliphatic heterocycles. The van der Waals surface area contributed by atoms with Crippen molar-refractivity contribution in [3.63, 3.8) is 0 Å². The summed E-state index contributed by atoms with van der Waals surface area (Å²) in [6, 6.07) is 0. The highest BCUT2D eigenvalue weighted by Gasteiger charge is 2.00. The zero-order valence-electron chi connectivity index (χ0n) is 8.53. The smallest absolute Gasteiger partial charge is 0.330 e. The fourth-order valence-electron chi connectivity index (χ4n) is 0.634. The second kappa shape index (κ2) is 7.74. The van der Waals surface area contributed by atoms with Crippen LogP contribution in [0.15, 0.2) is 11.6 Å². The normalized spacial score (nSPS) is 13.8. The van der Waals surface area contributed by atoms with Crippen molar-refractivity contribution in [2.24, 2.45) is 0 Å². The van der Waals surface area contributed by atoms with Crippen LogP contribution >= 0.6 is 8.25 Å². The van der Waals surface area contributed by atoms with E-state index in [1.165, 1.54) is 13.2 Å². The molecule has 1 unspecified atom stereocenters. The van der Waals surface area contributed by atoms with Crippen LogP contribution in [-0.4, -0.2) is 26.3 Å². The Morgan fingerprint density at radius 3 is 2.57 bits per heavy atom. The summed E-state index contributed by atoms with van der Waals surface area (Å²) < 4.78 is 24.8. The molecular formula is C8H15O5P. The van der Waals surface area contributed by atoms with Crippen LogP contribution in [0.1, 0.15) is 13.8 Å². The molecule has 0 aliphatic rings. The van der Waals surface area contributed by atoms with Gasteiger partial charge in [0.15, 0.2) is 0 Å². The minimum atomic E-state index is -2.42. The Morgan fingerprint density at radius 2 is 2.07 bits per heavy atom. The monoisotopic (exact) mass is 222 g/mol. The molecule has 0 saturated carbocycles. The summed E-state index contributed by atoms with van der Waals surface area (Å²) in [6.45, 7) is 3.85. The molecule has 0 spiro atoms. The average molecular weight is 222 g/mol. The fraction of sp³-hybridized carbons (Fsp3) is 0.625. The number of hydrogen-bond donors (Lipinski definition) is 0. The van der Waals surface area contributed by atoms with Crippen LogP contribution in [0.25, 0.3) is 0 Å². The molecule has 0 bridgehead atoms. The van der Waals surface area contributed by atoms with E-state index in [-0.39, 0.29) is 6.61 Å². The summed E-state index contributed by atoms with van der Waals surface area (Å²) >= 11 is 0. The van der Waals surface area contributed by atoms with Gasteiger partial charge in [-0.15, -0.1) is 0 Å². The molecule has 0 aromatic carbocycles.